The minimum Gasteiger partial charge on any atom is -0.497 e. The number of ether oxygens (including phenoxy) is 1. The largest absolute Gasteiger partial charge is 0.497 e. The average molecular weight is 407 g/mol. The molecule has 2 aromatic carbocycles. The number of benzene rings is 2. The van der Waals surface area contributed by atoms with E-state index in [1.54, 1.807) is 23.3 Å². The number of aromatic nitrogens is 2. The molecular weight excluding hydrogens is 386 g/mol. The normalized spacial score (nSPS) is 11.0. The third-order valence-corrected chi connectivity index (χ3v) is 5.59. The minimum absolute atomic E-state index is 0.0377. The summed E-state index contributed by atoms with van der Waals surface area (Å²) in [6.45, 7) is 0.547. The minimum atomic E-state index is 0.0377. The lowest BCUT2D eigenvalue weighted by Crippen LogP contribution is -2.26. The molecule has 0 aliphatic heterocycles. The van der Waals surface area contributed by atoms with Gasteiger partial charge in [0.1, 0.15) is 5.75 Å². The Bertz CT molecular complexity index is 1120. The van der Waals surface area contributed by atoms with Gasteiger partial charge in [-0.05, 0) is 46.0 Å². The number of hydrogen-bond acceptors (Lipinski definition) is 6. The summed E-state index contributed by atoms with van der Waals surface area (Å²) >= 11 is 1.56. The lowest BCUT2D eigenvalue weighted by atomic mass is 10.1. The summed E-state index contributed by atoms with van der Waals surface area (Å²) in [6, 6.07) is 16.0. The van der Waals surface area contributed by atoms with Gasteiger partial charge in [0, 0.05) is 26.4 Å². The second kappa shape index (κ2) is 8.45. The molecule has 1 amide bonds. The Morgan fingerprint density at radius 2 is 2.00 bits per heavy atom. The lowest BCUT2D eigenvalue weighted by Gasteiger charge is -2.17. The Balaban J connectivity index is 1.35. The molecule has 0 N–H and O–H groups in total. The second-order valence-electron chi connectivity index (χ2n) is 6.79. The first-order valence-corrected chi connectivity index (χ1v) is 10.2. The zero-order chi connectivity index (χ0) is 20.2. The summed E-state index contributed by atoms with van der Waals surface area (Å²) in [5.41, 5.74) is 1.08. The molecule has 0 saturated carbocycles. The van der Waals surface area contributed by atoms with Crippen LogP contribution in [0.15, 0.2) is 58.4 Å². The zero-order valence-corrected chi connectivity index (χ0v) is 17.1. The summed E-state index contributed by atoms with van der Waals surface area (Å²) in [4.78, 5) is 19.6. The number of nitrogens with zero attached hydrogens (tertiary/aromatic N) is 3. The molecule has 0 saturated heterocycles. The molecule has 2 aromatic heterocycles. The van der Waals surface area contributed by atoms with Gasteiger partial charge in [-0.1, -0.05) is 29.4 Å². The maximum absolute atomic E-state index is 12.5. The third-order valence-electron chi connectivity index (χ3n) is 4.72. The molecule has 148 valence electrons. The van der Waals surface area contributed by atoms with Gasteiger partial charge in [-0.25, -0.2) is 0 Å². The van der Waals surface area contributed by atoms with Gasteiger partial charge in [0.15, 0.2) is 0 Å². The van der Waals surface area contributed by atoms with E-state index >= 15 is 0 Å². The molecule has 0 aliphatic rings. The van der Waals surface area contributed by atoms with Crippen molar-refractivity contribution in [1.82, 2.24) is 15.0 Å². The van der Waals surface area contributed by atoms with Crippen LogP contribution >= 0.6 is 11.3 Å². The van der Waals surface area contributed by atoms with Crippen LogP contribution in [0.1, 0.15) is 17.9 Å². The van der Waals surface area contributed by atoms with Crippen molar-refractivity contribution in [3.05, 3.63) is 65.4 Å². The molecule has 0 spiro atoms. The highest BCUT2D eigenvalue weighted by Crippen LogP contribution is 2.23. The highest BCUT2D eigenvalue weighted by molar-refractivity contribution is 7.13. The molecule has 7 heteroatoms. The number of aryl methyl sites for hydroxylation is 1. The predicted molar refractivity (Wildman–Crippen MR) is 113 cm³/mol. The van der Waals surface area contributed by atoms with E-state index in [2.05, 4.69) is 22.3 Å². The highest BCUT2D eigenvalue weighted by Gasteiger charge is 2.14. The summed E-state index contributed by atoms with van der Waals surface area (Å²) in [5.74, 6) is 1.93. The van der Waals surface area contributed by atoms with Crippen LogP contribution in [0.25, 0.3) is 21.5 Å². The molecular formula is C22H21N3O3S. The quantitative estimate of drug-likeness (QED) is 0.449. The van der Waals surface area contributed by atoms with Crippen molar-refractivity contribution in [3.8, 4) is 16.5 Å². The van der Waals surface area contributed by atoms with Crippen molar-refractivity contribution < 1.29 is 14.1 Å². The zero-order valence-electron chi connectivity index (χ0n) is 16.3. The van der Waals surface area contributed by atoms with E-state index in [9.17, 15) is 4.79 Å². The van der Waals surface area contributed by atoms with Crippen LogP contribution in [0, 0.1) is 0 Å². The Hall–Kier alpha value is -3.19. The first kappa shape index (κ1) is 19.1. The van der Waals surface area contributed by atoms with Crippen molar-refractivity contribution in [2.45, 2.75) is 19.4 Å². The van der Waals surface area contributed by atoms with E-state index in [1.165, 1.54) is 0 Å². The SMILES string of the molecule is COc1ccc2cc(CN(C)C(=O)CCc3nc(-c4cccs4)no3)ccc2c1. The van der Waals surface area contributed by atoms with Gasteiger partial charge in [-0.15, -0.1) is 11.3 Å². The molecule has 0 atom stereocenters. The number of fused-ring (bicyclic) bond motifs is 1. The number of methoxy groups -OCH3 is 1. The van der Waals surface area contributed by atoms with Gasteiger partial charge in [-0.2, -0.15) is 4.98 Å². The molecule has 0 fully saturated rings. The number of carbonyl (C=O) groups excluding carboxylic acids is 1. The Morgan fingerprint density at radius 3 is 2.79 bits per heavy atom. The number of hydrogen-bond donors (Lipinski definition) is 0. The molecule has 0 aliphatic carbocycles. The summed E-state index contributed by atoms with van der Waals surface area (Å²) in [5, 5.41) is 8.18. The Morgan fingerprint density at radius 1 is 1.17 bits per heavy atom. The van der Waals surface area contributed by atoms with Crippen molar-refractivity contribution in [1.29, 1.82) is 0 Å². The summed E-state index contributed by atoms with van der Waals surface area (Å²) in [6.07, 6.45) is 0.756. The van der Waals surface area contributed by atoms with Crippen LogP contribution in [0.4, 0.5) is 0 Å². The summed E-state index contributed by atoms with van der Waals surface area (Å²) < 4.78 is 10.5. The summed E-state index contributed by atoms with van der Waals surface area (Å²) in [7, 11) is 3.47. The Kier molecular flexibility index (Phi) is 5.57. The van der Waals surface area contributed by atoms with Gasteiger partial charge < -0.3 is 14.2 Å². The van der Waals surface area contributed by atoms with E-state index in [4.69, 9.17) is 9.26 Å². The van der Waals surface area contributed by atoms with Crippen LogP contribution in [0.5, 0.6) is 5.75 Å². The van der Waals surface area contributed by atoms with Gasteiger partial charge in [-0.3, -0.25) is 4.79 Å². The van der Waals surface area contributed by atoms with Gasteiger partial charge in [0.05, 0.1) is 12.0 Å². The van der Waals surface area contributed by atoms with Gasteiger partial charge >= 0.3 is 0 Å². The van der Waals surface area contributed by atoms with Crippen molar-refractivity contribution in [3.63, 3.8) is 0 Å². The first-order valence-electron chi connectivity index (χ1n) is 9.29. The van der Waals surface area contributed by atoms with Crippen molar-refractivity contribution in [2.75, 3.05) is 14.2 Å². The molecule has 6 nitrogen and oxygen atoms in total. The van der Waals surface area contributed by atoms with E-state index < -0.39 is 0 Å². The highest BCUT2D eigenvalue weighted by atomic mass is 32.1. The van der Waals surface area contributed by atoms with Crippen LogP contribution in [0.2, 0.25) is 0 Å². The monoisotopic (exact) mass is 407 g/mol. The first-order chi connectivity index (χ1) is 14.1. The third kappa shape index (κ3) is 4.46. The molecule has 29 heavy (non-hydrogen) atoms. The molecule has 4 rings (SSSR count). The number of carbonyl (C=O) groups is 1. The maximum Gasteiger partial charge on any atom is 0.227 e. The van der Waals surface area contributed by atoms with Crippen LogP contribution < -0.4 is 4.74 Å². The fourth-order valence-electron chi connectivity index (χ4n) is 3.13. The van der Waals surface area contributed by atoms with Crippen LogP contribution in [-0.4, -0.2) is 35.1 Å². The molecule has 2 heterocycles. The van der Waals surface area contributed by atoms with E-state index in [0.717, 1.165) is 27.0 Å². The Labute approximate surface area is 172 Å². The van der Waals surface area contributed by atoms with E-state index in [-0.39, 0.29) is 5.91 Å². The van der Waals surface area contributed by atoms with E-state index in [1.807, 2.05) is 48.8 Å². The van der Waals surface area contributed by atoms with Gasteiger partial charge in [0.2, 0.25) is 17.6 Å². The molecule has 0 bridgehead atoms. The van der Waals surface area contributed by atoms with Crippen molar-refractivity contribution >= 4 is 28.0 Å². The van der Waals surface area contributed by atoms with Crippen LogP contribution in [0.3, 0.4) is 0 Å². The van der Waals surface area contributed by atoms with Gasteiger partial charge in [0.25, 0.3) is 0 Å². The number of amides is 1. The fourth-order valence-corrected chi connectivity index (χ4v) is 3.78. The number of thiophene rings is 1. The standard InChI is InChI=1S/C22H21N3O3S/c1-25(14-15-5-6-17-13-18(27-2)8-7-16(17)12-15)21(26)10-9-20-23-22(24-28-20)19-4-3-11-29-19/h3-8,11-13H,9-10,14H2,1-2H3. The smallest absolute Gasteiger partial charge is 0.227 e. The molecule has 0 radical (unpaired) electrons. The number of rotatable bonds is 7. The lowest BCUT2D eigenvalue weighted by molar-refractivity contribution is -0.130. The topological polar surface area (TPSA) is 68.5 Å². The fraction of sp³-hybridized carbons (Fsp3) is 0.227. The predicted octanol–water partition coefficient (Wildman–Crippen LogP) is 4.55. The average Bonchev–Trinajstić information content (AvgIpc) is 3.43. The van der Waals surface area contributed by atoms with E-state index in [0.29, 0.717) is 31.1 Å². The van der Waals surface area contributed by atoms with Crippen molar-refractivity contribution in [2.24, 2.45) is 0 Å². The molecule has 4 aromatic rings. The molecule has 0 unspecified atom stereocenters. The maximum atomic E-state index is 12.5. The van der Waals surface area contributed by atoms with Crippen LogP contribution in [-0.2, 0) is 17.8 Å². The second-order valence-corrected chi connectivity index (χ2v) is 7.73.